The van der Waals surface area contributed by atoms with Crippen LogP contribution in [0.4, 0.5) is 0 Å². The van der Waals surface area contributed by atoms with Gasteiger partial charge in [-0.3, -0.25) is 0 Å². The summed E-state index contributed by atoms with van der Waals surface area (Å²) in [5.41, 5.74) is 0. The maximum Gasteiger partial charge on any atom is 0.0540 e. The first-order valence-electron chi connectivity index (χ1n) is 5.96. The topological polar surface area (TPSA) is 20.2 Å². The lowest BCUT2D eigenvalue weighted by molar-refractivity contribution is 0.0879. The predicted octanol–water partition coefficient (Wildman–Crippen LogP) is 3.36. The van der Waals surface area contributed by atoms with E-state index in [2.05, 4.69) is 13.8 Å². The molecule has 0 saturated heterocycles. The summed E-state index contributed by atoms with van der Waals surface area (Å²) in [6.45, 7) is 4.59. The Morgan fingerprint density at radius 1 is 1.15 bits per heavy atom. The van der Waals surface area contributed by atoms with Gasteiger partial charge in [0.05, 0.1) is 6.10 Å². The lowest BCUT2D eigenvalue weighted by Gasteiger charge is -2.31. The van der Waals surface area contributed by atoms with Crippen molar-refractivity contribution in [1.29, 1.82) is 0 Å². The van der Waals surface area contributed by atoms with E-state index in [9.17, 15) is 5.11 Å². The highest BCUT2D eigenvalue weighted by molar-refractivity contribution is 4.76. The fourth-order valence-corrected chi connectivity index (χ4v) is 2.72. The highest BCUT2D eigenvalue weighted by atomic mass is 16.3. The van der Waals surface area contributed by atoms with Gasteiger partial charge in [-0.2, -0.15) is 0 Å². The lowest BCUT2D eigenvalue weighted by atomic mass is 9.76. The third-order valence-corrected chi connectivity index (χ3v) is 3.59. The zero-order valence-electron chi connectivity index (χ0n) is 9.13. The summed E-state index contributed by atoms with van der Waals surface area (Å²) >= 11 is 0. The van der Waals surface area contributed by atoms with Crippen molar-refractivity contribution in [2.24, 2.45) is 11.8 Å². The van der Waals surface area contributed by atoms with Crippen molar-refractivity contribution in [3.63, 3.8) is 0 Å². The number of aliphatic hydroxyl groups is 1. The summed E-state index contributed by atoms with van der Waals surface area (Å²) in [7, 11) is 0. The summed E-state index contributed by atoms with van der Waals surface area (Å²) in [5.74, 6) is 1.84. The van der Waals surface area contributed by atoms with Crippen molar-refractivity contribution in [2.75, 3.05) is 0 Å². The molecule has 0 heterocycles. The molecule has 13 heavy (non-hydrogen) atoms. The second-order valence-corrected chi connectivity index (χ2v) is 4.53. The van der Waals surface area contributed by atoms with E-state index in [1.54, 1.807) is 0 Å². The van der Waals surface area contributed by atoms with Crippen LogP contribution in [0.3, 0.4) is 0 Å². The molecule has 0 amide bonds. The normalized spacial score (nSPS) is 31.6. The van der Waals surface area contributed by atoms with Crippen molar-refractivity contribution in [2.45, 2.75) is 64.9 Å². The maximum absolute atomic E-state index is 9.41. The van der Waals surface area contributed by atoms with Gasteiger partial charge in [0.15, 0.2) is 0 Å². The Kier molecular flexibility index (Phi) is 4.79. The summed E-state index contributed by atoms with van der Waals surface area (Å²) < 4.78 is 0. The fraction of sp³-hybridized carbons (Fsp3) is 1.00. The summed E-state index contributed by atoms with van der Waals surface area (Å²) in [5, 5.41) is 9.41. The molecular weight excluding hydrogens is 160 g/mol. The molecule has 1 rings (SSSR count). The Morgan fingerprint density at radius 3 is 2.23 bits per heavy atom. The van der Waals surface area contributed by atoms with E-state index in [-0.39, 0.29) is 6.10 Å². The molecule has 1 atom stereocenters. The van der Waals surface area contributed by atoms with Crippen LogP contribution >= 0.6 is 0 Å². The molecule has 0 aromatic carbocycles. The summed E-state index contributed by atoms with van der Waals surface area (Å²) in [6.07, 6.45) is 8.66. The van der Waals surface area contributed by atoms with Crippen LogP contribution in [0, 0.1) is 11.8 Å². The van der Waals surface area contributed by atoms with E-state index >= 15 is 0 Å². The molecule has 0 spiro atoms. The molecule has 1 unspecified atom stereocenters. The SMILES string of the molecule is CCCC(CC)C1CCC(O)CC1. The molecular formula is C12H24O. The van der Waals surface area contributed by atoms with Crippen LogP contribution in [-0.2, 0) is 0 Å². The second kappa shape index (κ2) is 5.64. The quantitative estimate of drug-likeness (QED) is 0.710. The van der Waals surface area contributed by atoms with Crippen LogP contribution in [0.25, 0.3) is 0 Å². The first-order chi connectivity index (χ1) is 6.27. The third-order valence-electron chi connectivity index (χ3n) is 3.59. The lowest BCUT2D eigenvalue weighted by Crippen LogP contribution is -2.23. The van der Waals surface area contributed by atoms with Crippen molar-refractivity contribution in [3.8, 4) is 0 Å². The standard InChI is InChI=1S/C12H24O/c1-3-5-10(4-2)11-6-8-12(13)9-7-11/h10-13H,3-9H2,1-2H3. The van der Waals surface area contributed by atoms with E-state index in [1.165, 1.54) is 32.1 Å². The van der Waals surface area contributed by atoms with E-state index in [1.807, 2.05) is 0 Å². The maximum atomic E-state index is 9.41. The molecule has 1 fully saturated rings. The Hall–Kier alpha value is -0.0400. The van der Waals surface area contributed by atoms with Crippen LogP contribution in [0.2, 0.25) is 0 Å². The van der Waals surface area contributed by atoms with Crippen LogP contribution < -0.4 is 0 Å². The number of hydrogen-bond donors (Lipinski definition) is 1. The average Bonchev–Trinajstić information content (AvgIpc) is 2.16. The van der Waals surface area contributed by atoms with Crippen molar-refractivity contribution >= 4 is 0 Å². The molecule has 0 aromatic heterocycles. The number of aliphatic hydroxyl groups excluding tert-OH is 1. The van der Waals surface area contributed by atoms with Gasteiger partial charge in [0.25, 0.3) is 0 Å². The van der Waals surface area contributed by atoms with Gasteiger partial charge < -0.3 is 5.11 Å². The molecule has 1 aliphatic carbocycles. The largest absolute Gasteiger partial charge is 0.393 e. The Labute approximate surface area is 82.5 Å². The van der Waals surface area contributed by atoms with Gasteiger partial charge in [0.1, 0.15) is 0 Å². The van der Waals surface area contributed by atoms with Crippen molar-refractivity contribution < 1.29 is 5.11 Å². The van der Waals surface area contributed by atoms with Gasteiger partial charge in [0, 0.05) is 0 Å². The number of hydrogen-bond acceptors (Lipinski definition) is 1. The van der Waals surface area contributed by atoms with E-state index < -0.39 is 0 Å². The molecule has 1 saturated carbocycles. The van der Waals surface area contributed by atoms with Gasteiger partial charge in [-0.25, -0.2) is 0 Å². The zero-order valence-corrected chi connectivity index (χ0v) is 9.13. The molecule has 0 aliphatic heterocycles. The smallest absolute Gasteiger partial charge is 0.0540 e. The average molecular weight is 184 g/mol. The molecule has 1 heteroatoms. The molecule has 0 aromatic rings. The van der Waals surface area contributed by atoms with Crippen LogP contribution in [-0.4, -0.2) is 11.2 Å². The predicted molar refractivity (Wildman–Crippen MR) is 56.7 cm³/mol. The highest BCUT2D eigenvalue weighted by Gasteiger charge is 2.24. The third kappa shape index (κ3) is 3.30. The molecule has 0 radical (unpaired) electrons. The Bertz CT molecular complexity index is 125. The van der Waals surface area contributed by atoms with Gasteiger partial charge in [0.2, 0.25) is 0 Å². The zero-order chi connectivity index (χ0) is 9.68. The van der Waals surface area contributed by atoms with E-state index in [4.69, 9.17) is 0 Å². The molecule has 1 nitrogen and oxygen atoms in total. The monoisotopic (exact) mass is 184 g/mol. The van der Waals surface area contributed by atoms with Crippen molar-refractivity contribution in [1.82, 2.24) is 0 Å². The fourth-order valence-electron chi connectivity index (χ4n) is 2.72. The van der Waals surface area contributed by atoms with Crippen LogP contribution in [0.1, 0.15) is 58.8 Å². The molecule has 78 valence electrons. The molecule has 1 N–H and O–H groups in total. The van der Waals surface area contributed by atoms with E-state index in [0.29, 0.717) is 0 Å². The van der Waals surface area contributed by atoms with Gasteiger partial charge in [-0.1, -0.05) is 33.1 Å². The Balaban J connectivity index is 2.32. The summed E-state index contributed by atoms with van der Waals surface area (Å²) in [6, 6.07) is 0. The second-order valence-electron chi connectivity index (χ2n) is 4.53. The van der Waals surface area contributed by atoms with Crippen LogP contribution in [0.15, 0.2) is 0 Å². The number of rotatable bonds is 4. The first kappa shape index (κ1) is 11.0. The minimum atomic E-state index is 0.00961. The minimum Gasteiger partial charge on any atom is -0.393 e. The molecule has 0 bridgehead atoms. The van der Waals surface area contributed by atoms with Gasteiger partial charge in [-0.15, -0.1) is 0 Å². The van der Waals surface area contributed by atoms with Crippen molar-refractivity contribution in [3.05, 3.63) is 0 Å². The van der Waals surface area contributed by atoms with Gasteiger partial charge in [-0.05, 0) is 37.5 Å². The van der Waals surface area contributed by atoms with E-state index in [0.717, 1.165) is 24.7 Å². The first-order valence-corrected chi connectivity index (χ1v) is 5.96. The Morgan fingerprint density at radius 2 is 1.77 bits per heavy atom. The highest BCUT2D eigenvalue weighted by Crippen LogP contribution is 2.34. The minimum absolute atomic E-state index is 0.00961. The van der Waals surface area contributed by atoms with Gasteiger partial charge >= 0.3 is 0 Å². The van der Waals surface area contributed by atoms with Crippen LogP contribution in [0.5, 0.6) is 0 Å². The molecule has 1 aliphatic rings. The summed E-state index contributed by atoms with van der Waals surface area (Å²) in [4.78, 5) is 0.